The van der Waals surface area contributed by atoms with Gasteiger partial charge in [0.25, 0.3) is 0 Å². The molecule has 0 aliphatic rings. The minimum absolute atomic E-state index is 0.428. The van der Waals surface area contributed by atoms with Crippen LogP contribution in [0.25, 0.3) is 5.69 Å². The largest absolute Gasteiger partial charge is 0.496 e. The van der Waals surface area contributed by atoms with Crippen LogP contribution in [0, 0.1) is 13.8 Å². The van der Waals surface area contributed by atoms with E-state index in [0.29, 0.717) is 6.54 Å². The number of nitrogens with zero attached hydrogens (tertiary/aromatic N) is 2. The van der Waals surface area contributed by atoms with E-state index in [1.54, 1.807) is 7.11 Å². The molecule has 1 heterocycles. The maximum absolute atomic E-state index is 5.80. The fourth-order valence-corrected chi connectivity index (χ4v) is 2.02. The molecular formula is C13H17N3O. The quantitative estimate of drug-likeness (QED) is 0.878. The monoisotopic (exact) mass is 231 g/mol. The Morgan fingerprint density at radius 3 is 2.65 bits per heavy atom. The second-order valence-corrected chi connectivity index (χ2v) is 4.00. The summed E-state index contributed by atoms with van der Waals surface area (Å²) in [6.45, 7) is 4.43. The van der Waals surface area contributed by atoms with Crippen molar-refractivity contribution in [3.05, 3.63) is 41.2 Å². The highest BCUT2D eigenvalue weighted by Gasteiger charge is 2.11. The van der Waals surface area contributed by atoms with Crippen LogP contribution in [-0.4, -0.2) is 16.9 Å². The Balaban J connectivity index is 2.62. The van der Waals surface area contributed by atoms with E-state index >= 15 is 0 Å². The number of rotatable bonds is 3. The van der Waals surface area contributed by atoms with Gasteiger partial charge in [0.2, 0.25) is 0 Å². The Morgan fingerprint density at radius 1 is 1.35 bits per heavy atom. The Bertz CT molecular complexity index is 531. The summed E-state index contributed by atoms with van der Waals surface area (Å²) in [6, 6.07) is 7.91. The lowest BCUT2D eigenvalue weighted by Gasteiger charge is -2.13. The summed E-state index contributed by atoms with van der Waals surface area (Å²) in [6.07, 6.45) is 0. The van der Waals surface area contributed by atoms with Crippen molar-refractivity contribution in [3.8, 4) is 11.4 Å². The molecule has 0 bridgehead atoms. The van der Waals surface area contributed by atoms with E-state index in [0.717, 1.165) is 28.4 Å². The van der Waals surface area contributed by atoms with Gasteiger partial charge < -0.3 is 10.5 Å². The first-order valence-corrected chi connectivity index (χ1v) is 5.57. The van der Waals surface area contributed by atoms with Crippen molar-refractivity contribution in [2.45, 2.75) is 20.4 Å². The van der Waals surface area contributed by atoms with Crippen molar-refractivity contribution in [3.63, 3.8) is 0 Å². The number of hydrogen-bond donors (Lipinski definition) is 1. The summed E-state index contributed by atoms with van der Waals surface area (Å²) in [5, 5.41) is 4.47. The van der Waals surface area contributed by atoms with Crippen molar-refractivity contribution >= 4 is 0 Å². The van der Waals surface area contributed by atoms with Crippen LogP contribution in [0.2, 0.25) is 0 Å². The summed E-state index contributed by atoms with van der Waals surface area (Å²) in [7, 11) is 1.65. The summed E-state index contributed by atoms with van der Waals surface area (Å²) in [5.74, 6) is 0.803. The van der Waals surface area contributed by atoms with E-state index < -0.39 is 0 Å². The summed E-state index contributed by atoms with van der Waals surface area (Å²) < 4.78 is 7.23. The van der Waals surface area contributed by atoms with Crippen LogP contribution < -0.4 is 10.5 Å². The molecule has 0 radical (unpaired) electrons. The molecule has 2 N–H and O–H groups in total. The lowest BCUT2D eigenvalue weighted by Crippen LogP contribution is -2.08. The molecule has 0 fully saturated rings. The molecule has 0 aliphatic heterocycles. The Morgan fingerprint density at radius 2 is 2.12 bits per heavy atom. The molecule has 4 nitrogen and oxygen atoms in total. The molecule has 2 rings (SSSR count). The third-order valence-corrected chi connectivity index (χ3v) is 2.77. The maximum atomic E-state index is 5.80. The highest BCUT2D eigenvalue weighted by molar-refractivity contribution is 5.50. The summed E-state index contributed by atoms with van der Waals surface area (Å²) in [5.41, 5.74) is 9.84. The van der Waals surface area contributed by atoms with Crippen molar-refractivity contribution in [1.82, 2.24) is 9.78 Å². The van der Waals surface area contributed by atoms with Crippen LogP contribution in [-0.2, 0) is 6.54 Å². The number of benzene rings is 1. The first-order valence-electron chi connectivity index (χ1n) is 5.57. The van der Waals surface area contributed by atoms with Gasteiger partial charge in [-0.2, -0.15) is 5.10 Å². The standard InChI is InChI=1S/C13H17N3O/c1-9-7-10(2)16(15-9)12-5-4-6-13(17-3)11(12)8-14/h4-7H,8,14H2,1-3H3. The predicted octanol–water partition coefficient (Wildman–Crippen LogP) is 1.96. The number of ether oxygens (including phenoxy) is 1. The number of hydrogen-bond acceptors (Lipinski definition) is 3. The smallest absolute Gasteiger partial charge is 0.125 e. The van der Waals surface area contributed by atoms with Gasteiger partial charge in [0, 0.05) is 17.8 Å². The zero-order valence-electron chi connectivity index (χ0n) is 10.4. The van der Waals surface area contributed by atoms with Gasteiger partial charge in [-0.1, -0.05) is 6.07 Å². The van der Waals surface area contributed by atoms with Gasteiger partial charge in [0.1, 0.15) is 5.75 Å². The molecular weight excluding hydrogens is 214 g/mol. The molecule has 4 heteroatoms. The minimum Gasteiger partial charge on any atom is -0.496 e. The van der Waals surface area contributed by atoms with Crippen LogP contribution in [0.3, 0.4) is 0 Å². The lowest BCUT2D eigenvalue weighted by atomic mass is 10.1. The summed E-state index contributed by atoms with van der Waals surface area (Å²) in [4.78, 5) is 0. The van der Waals surface area contributed by atoms with Crippen molar-refractivity contribution < 1.29 is 4.74 Å². The fourth-order valence-electron chi connectivity index (χ4n) is 2.02. The molecule has 2 aromatic rings. The third-order valence-electron chi connectivity index (χ3n) is 2.77. The molecule has 0 unspecified atom stereocenters. The zero-order valence-corrected chi connectivity index (χ0v) is 10.4. The molecule has 90 valence electrons. The predicted molar refractivity (Wildman–Crippen MR) is 67.5 cm³/mol. The second kappa shape index (κ2) is 4.59. The first-order chi connectivity index (χ1) is 8.17. The maximum Gasteiger partial charge on any atom is 0.125 e. The number of methoxy groups -OCH3 is 1. The number of aryl methyl sites for hydroxylation is 2. The molecule has 0 spiro atoms. The van der Waals surface area contributed by atoms with Gasteiger partial charge in [-0.15, -0.1) is 0 Å². The van der Waals surface area contributed by atoms with Crippen molar-refractivity contribution in [2.24, 2.45) is 5.73 Å². The van der Waals surface area contributed by atoms with Crippen LogP contribution >= 0.6 is 0 Å². The van der Waals surface area contributed by atoms with E-state index in [4.69, 9.17) is 10.5 Å². The highest BCUT2D eigenvalue weighted by Crippen LogP contribution is 2.25. The van der Waals surface area contributed by atoms with E-state index in [1.165, 1.54) is 0 Å². The van der Waals surface area contributed by atoms with Crippen LogP contribution in [0.15, 0.2) is 24.3 Å². The topological polar surface area (TPSA) is 53.1 Å². The van der Waals surface area contributed by atoms with Crippen molar-refractivity contribution in [1.29, 1.82) is 0 Å². The van der Waals surface area contributed by atoms with Crippen LogP contribution in [0.4, 0.5) is 0 Å². The Kier molecular flexibility index (Phi) is 3.15. The average molecular weight is 231 g/mol. The normalized spacial score (nSPS) is 10.6. The van der Waals surface area contributed by atoms with Gasteiger partial charge in [-0.25, -0.2) is 4.68 Å². The Hall–Kier alpha value is -1.81. The molecule has 17 heavy (non-hydrogen) atoms. The lowest BCUT2D eigenvalue weighted by molar-refractivity contribution is 0.409. The van der Waals surface area contributed by atoms with E-state index in [9.17, 15) is 0 Å². The number of nitrogens with two attached hydrogens (primary N) is 1. The second-order valence-electron chi connectivity index (χ2n) is 4.00. The van der Waals surface area contributed by atoms with Gasteiger partial charge >= 0.3 is 0 Å². The number of aromatic nitrogens is 2. The highest BCUT2D eigenvalue weighted by atomic mass is 16.5. The molecule has 0 amide bonds. The average Bonchev–Trinajstić information content (AvgIpc) is 2.67. The minimum atomic E-state index is 0.428. The van der Waals surface area contributed by atoms with E-state index in [-0.39, 0.29) is 0 Å². The van der Waals surface area contributed by atoms with E-state index in [2.05, 4.69) is 5.10 Å². The van der Waals surface area contributed by atoms with Crippen LogP contribution in [0.1, 0.15) is 17.0 Å². The zero-order chi connectivity index (χ0) is 12.4. The summed E-state index contributed by atoms with van der Waals surface area (Å²) >= 11 is 0. The molecule has 0 atom stereocenters. The molecule has 1 aromatic carbocycles. The first kappa shape index (κ1) is 11.7. The Labute approximate surface area is 101 Å². The third kappa shape index (κ3) is 2.03. The van der Waals surface area contributed by atoms with Crippen LogP contribution in [0.5, 0.6) is 5.75 Å². The van der Waals surface area contributed by atoms with Crippen molar-refractivity contribution in [2.75, 3.05) is 7.11 Å². The van der Waals surface area contributed by atoms with Gasteiger partial charge in [-0.3, -0.25) is 0 Å². The molecule has 0 aliphatic carbocycles. The van der Waals surface area contributed by atoms with Gasteiger partial charge in [-0.05, 0) is 32.0 Å². The van der Waals surface area contributed by atoms with Gasteiger partial charge in [0.05, 0.1) is 18.5 Å². The van der Waals surface area contributed by atoms with Gasteiger partial charge in [0.15, 0.2) is 0 Å². The van der Waals surface area contributed by atoms with E-state index in [1.807, 2.05) is 42.8 Å². The molecule has 1 aromatic heterocycles. The fraction of sp³-hybridized carbons (Fsp3) is 0.308. The molecule has 0 saturated carbocycles. The SMILES string of the molecule is COc1cccc(-n2nc(C)cc2C)c1CN. The molecule has 0 saturated heterocycles.